The number of likely N-dealkylation sites (N-methyl/N-ethyl adjacent to an activating group) is 1. The Morgan fingerprint density at radius 1 is 1.09 bits per heavy atom. The minimum Gasteiger partial charge on any atom is -0.508 e. The highest BCUT2D eigenvalue weighted by Gasteiger charge is 2.68. The van der Waals surface area contributed by atoms with Gasteiger partial charge in [0.05, 0.1) is 30.7 Å². The number of fused-ring (bicyclic) bond motifs is 3. The van der Waals surface area contributed by atoms with Crippen molar-refractivity contribution in [1.82, 2.24) is 9.80 Å². The van der Waals surface area contributed by atoms with Gasteiger partial charge in [-0.3, -0.25) is 24.2 Å². The fraction of sp³-hybridized carbons (Fsp3) is 0.441. The van der Waals surface area contributed by atoms with E-state index in [1.807, 2.05) is 18.2 Å². The first kappa shape index (κ1) is 31.7. The molecule has 7 N–H and O–H groups in total. The largest absolute Gasteiger partial charge is 0.508 e. The van der Waals surface area contributed by atoms with Crippen molar-refractivity contribution in [1.29, 1.82) is 0 Å². The van der Waals surface area contributed by atoms with E-state index in [9.17, 15) is 39.9 Å². The van der Waals surface area contributed by atoms with Gasteiger partial charge in [0.1, 0.15) is 28.6 Å². The lowest BCUT2D eigenvalue weighted by atomic mass is 9.54. The average Bonchev–Trinajstić information content (AvgIpc) is 3.51. The van der Waals surface area contributed by atoms with E-state index in [0.29, 0.717) is 22.4 Å². The number of phenols is 1. The van der Waals surface area contributed by atoms with E-state index in [1.165, 1.54) is 32.2 Å². The third-order valence-corrected chi connectivity index (χ3v) is 10.3. The molecule has 2 aromatic rings. The molecule has 6 rings (SSSR count). The van der Waals surface area contributed by atoms with Crippen LogP contribution < -0.4 is 10.5 Å². The van der Waals surface area contributed by atoms with E-state index in [4.69, 9.17) is 10.5 Å². The van der Waals surface area contributed by atoms with Crippen molar-refractivity contribution in [3.8, 4) is 22.6 Å². The first-order chi connectivity index (χ1) is 21.7. The molecule has 3 aliphatic carbocycles. The second-order valence-corrected chi connectivity index (χ2v) is 13.0. The number of phenolic OH excluding ortho intramolecular Hbond substituents is 1. The number of amides is 1. The fourth-order valence-corrected chi connectivity index (χ4v) is 8.20. The molecule has 1 saturated heterocycles. The summed E-state index contributed by atoms with van der Waals surface area (Å²) in [5.41, 5.74) is 3.71. The number of carbonyl (C=O) groups is 3. The molecule has 0 bridgehead atoms. The Hall–Kier alpha value is -4.23. The number of benzene rings is 2. The maximum Gasteiger partial charge on any atom is 0.255 e. The highest BCUT2D eigenvalue weighted by molar-refractivity contribution is 6.24. The molecule has 6 unspecified atom stereocenters. The quantitative estimate of drug-likeness (QED) is 0.254. The molecule has 2 aromatic carbocycles. The number of aliphatic hydroxyl groups is 4. The van der Waals surface area contributed by atoms with Crippen LogP contribution in [0.3, 0.4) is 0 Å². The maximum absolute atomic E-state index is 14.3. The van der Waals surface area contributed by atoms with Crippen molar-refractivity contribution in [2.24, 2.45) is 17.6 Å². The monoisotopic (exact) mass is 633 g/mol. The van der Waals surface area contributed by atoms with Crippen molar-refractivity contribution in [2.75, 3.05) is 34.3 Å². The molecule has 0 radical (unpaired) electrons. The summed E-state index contributed by atoms with van der Waals surface area (Å²) in [5.74, 6) is -8.84. The van der Waals surface area contributed by atoms with Crippen LogP contribution in [-0.4, -0.2) is 105 Å². The highest BCUT2D eigenvalue weighted by atomic mass is 16.5. The zero-order valence-corrected chi connectivity index (χ0v) is 26.1. The third-order valence-electron chi connectivity index (χ3n) is 10.3. The smallest absolute Gasteiger partial charge is 0.255 e. The van der Waals surface area contributed by atoms with Crippen LogP contribution in [0.1, 0.15) is 42.4 Å². The molecule has 0 spiro atoms. The number of nitrogens with zero attached hydrogens (tertiary/aromatic N) is 2. The number of hydrogen-bond donors (Lipinski definition) is 6. The molecule has 12 heteroatoms. The van der Waals surface area contributed by atoms with Gasteiger partial charge in [0.2, 0.25) is 5.78 Å². The molecular weight excluding hydrogens is 594 g/mol. The highest BCUT2D eigenvalue weighted by Crippen LogP contribution is 2.57. The SMILES string of the molecule is COc1ccc(CN2CCCC2)cc1-c1ccc(O)c2c1C(C)C1C(=C2O)C(=O)C2(O)C(O)=C(C(N)=O)C(=O)C(N(C)C)C2C1O. The number of carbonyl (C=O) groups excluding carboxylic acids is 3. The van der Waals surface area contributed by atoms with E-state index in [0.717, 1.165) is 38.0 Å². The summed E-state index contributed by atoms with van der Waals surface area (Å²) in [6.45, 7) is 4.44. The van der Waals surface area contributed by atoms with Crippen LogP contribution >= 0.6 is 0 Å². The number of aliphatic hydroxyl groups excluding tert-OH is 3. The van der Waals surface area contributed by atoms with Gasteiger partial charge in [0.25, 0.3) is 5.91 Å². The number of hydrogen-bond acceptors (Lipinski definition) is 11. The summed E-state index contributed by atoms with van der Waals surface area (Å²) in [6, 6.07) is 7.48. The van der Waals surface area contributed by atoms with Gasteiger partial charge in [-0.2, -0.15) is 0 Å². The molecule has 6 atom stereocenters. The maximum atomic E-state index is 14.3. The average molecular weight is 634 g/mol. The minimum atomic E-state index is -2.97. The Bertz CT molecular complexity index is 1720. The third kappa shape index (κ3) is 4.38. The lowest BCUT2D eigenvalue weighted by molar-refractivity contribution is -0.169. The van der Waals surface area contributed by atoms with Gasteiger partial charge >= 0.3 is 0 Å². The summed E-state index contributed by atoms with van der Waals surface area (Å²) in [6.07, 6.45) is 0.585. The van der Waals surface area contributed by atoms with Crippen molar-refractivity contribution in [3.63, 3.8) is 0 Å². The molecule has 46 heavy (non-hydrogen) atoms. The molecule has 12 nitrogen and oxygen atoms in total. The van der Waals surface area contributed by atoms with Crippen LogP contribution in [0.2, 0.25) is 0 Å². The molecular formula is C34H39N3O9. The Kier molecular flexibility index (Phi) is 7.75. The number of primary amides is 1. The zero-order chi connectivity index (χ0) is 33.4. The zero-order valence-electron chi connectivity index (χ0n) is 26.1. The fourth-order valence-electron chi connectivity index (χ4n) is 8.20. The number of aromatic hydroxyl groups is 1. The van der Waals surface area contributed by atoms with Crippen LogP contribution in [0.15, 0.2) is 47.2 Å². The Labute approximate surface area is 266 Å². The number of likely N-dealkylation sites (tertiary alicyclic amines) is 1. The summed E-state index contributed by atoms with van der Waals surface area (Å²) >= 11 is 0. The Balaban J connectivity index is 1.58. The van der Waals surface area contributed by atoms with Gasteiger partial charge in [-0.1, -0.05) is 19.1 Å². The molecule has 1 aliphatic heterocycles. The second-order valence-electron chi connectivity index (χ2n) is 13.0. The van der Waals surface area contributed by atoms with Crippen molar-refractivity contribution >= 4 is 23.2 Å². The summed E-state index contributed by atoms with van der Waals surface area (Å²) in [4.78, 5) is 43.7. The normalized spacial score (nSPS) is 29.6. The molecule has 244 valence electrons. The molecule has 0 aromatic heterocycles. The van der Waals surface area contributed by atoms with E-state index in [2.05, 4.69) is 4.90 Å². The molecule has 4 aliphatic rings. The lowest BCUT2D eigenvalue weighted by Crippen LogP contribution is -2.70. The summed E-state index contributed by atoms with van der Waals surface area (Å²) in [7, 11) is 4.49. The van der Waals surface area contributed by atoms with Crippen molar-refractivity contribution < 1.29 is 44.7 Å². The first-order valence-electron chi connectivity index (χ1n) is 15.3. The van der Waals surface area contributed by atoms with E-state index in [1.54, 1.807) is 13.0 Å². The van der Waals surface area contributed by atoms with Crippen molar-refractivity contribution in [2.45, 2.75) is 50.0 Å². The molecule has 1 amide bonds. The van der Waals surface area contributed by atoms with Crippen LogP contribution in [-0.2, 0) is 20.9 Å². The Morgan fingerprint density at radius 3 is 2.37 bits per heavy atom. The minimum absolute atomic E-state index is 0.0690. The Morgan fingerprint density at radius 2 is 1.76 bits per heavy atom. The number of Topliss-reactive ketones (excluding diaryl/α,β-unsaturated/α-hetero) is 2. The molecule has 1 saturated carbocycles. The number of methoxy groups -OCH3 is 1. The number of nitrogens with two attached hydrogens (primary N) is 1. The predicted octanol–water partition coefficient (Wildman–Crippen LogP) is 1.77. The van der Waals surface area contributed by atoms with E-state index in [-0.39, 0.29) is 11.3 Å². The molecule has 1 heterocycles. The number of rotatable bonds is 6. The second kappa shape index (κ2) is 11.2. The van der Waals surface area contributed by atoms with Gasteiger partial charge in [0.15, 0.2) is 11.4 Å². The van der Waals surface area contributed by atoms with E-state index < -0.39 is 75.6 Å². The van der Waals surface area contributed by atoms with Crippen LogP contribution in [0.25, 0.3) is 16.9 Å². The number of ether oxygens (including phenoxy) is 1. The van der Waals surface area contributed by atoms with Gasteiger partial charge in [-0.15, -0.1) is 0 Å². The standard InChI is InChI=1S/C34H39N3O9/c1-15-21-17(18-13-16(7-10-20(18)46-4)14-37-11-5-6-12-37)8-9-19(38)23(21)28(39)24-22(15)29(40)26-27(36(2)3)30(41)25(33(35)44)32(43)34(26,45)31(24)42/h7-10,13,15,22,26-27,29,38-40,43,45H,5-6,11-12,14H2,1-4H3,(H2,35,44). The van der Waals surface area contributed by atoms with Crippen LogP contribution in [0, 0.1) is 11.8 Å². The first-order valence-corrected chi connectivity index (χ1v) is 15.3. The van der Waals surface area contributed by atoms with Gasteiger partial charge in [-0.25, -0.2) is 0 Å². The topological polar surface area (TPSA) is 194 Å². The number of ketones is 2. The molecule has 2 fully saturated rings. The predicted molar refractivity (Wildman–Crippen MR) is 167 cm³/mol. The van der Waals surface area contributed by atoms with Gasteiger partial charge < -0.3 is 36.0 Å². The van der Waals surface area contributed by atoms with Crippen LogP contribution in [0.4, 0.5) is 0 Å². The summed E-state index contributed by atoms with van der Waals surface area (Å²) < 4.78 is 5.73. The summed E-state index contributed by atoms with van der Waals surface area (Å²) in [5, 5.41) is 57.9. The lowest BCUT2D eigenvalue weighted by Gasteiger charge is -2.53. The van der Waals surface area contributed by atoms with Crippen molar-refractivity contribution in [3.05, 3.63) is 63.9 Å². The van der Waals surface area contributed by atoms with Gasteiger partial charge in [-0.05, 0) is 80.8 Å². The van der Waals surface area contributed by atoms with E-state index >= 15 is 0 Å². The van der Waals surface area contributed by atoms with Crippen LogP contribution in [0.5, 0.6) is 11.5 Å². The van der Waals surface area contributed by atoms with Gasteiger partial charge in [0, 0.05) is 23.6 Å².